The highest BCUT2D eigenvalue weighted by atomic mass is 35.5. The average molecular weight is 235 g/mol. The summed E-state index contributed by atoms with van der Waals surface area (Å²) in [7, 11) is 1.35. The molecule has 0 aromatic heterocycles. The topological polar surface area (TPSA) is 26.3 Å². The van der Waals surface area contributed by atoms with Crippen LogP contribution in [0, 0.1) is 0 Å². The van der Waals surface area contributed by atoms with Gasteiger partial charge in [0.15, 0.2) is 0 Å². The fraction of sp³-hybridized carbons (Fsp3) is 0.300. The molecule has 5 heteroatoms. The third-order valence-corrected chi connectivity index (χ3v) is 2.12. The number of hydrogen-bond donors (Lipinski definition) is 0. The molecule has 0 aliphatic heterocycles. The number of methoxy groups -OCH3 is 1. The minimum absolute atomic E-state index is 0.122. The summed E-state index contributed by atoms with van der Waals surface area (Å²) in [6.45, 7) is 0.552. The first kappa shape index (κ1) is 11.9. The van der Waals surface area contributed by atoms with Crippen molar-refractivity contribution in [2.24, 2.45) is 0 Å². The monoisotopic (exact) mass is 234 g/mol. The van der Waals surface area contributed by atoms with Crippen LogP contribution in [0.1, 0.15) is 17.3 Å². The normalized spacial score (nSPS) is 11.3. The average Bonchev–Trinajstić information content (AvgIpc) is 2.16. The van der Waals surface area contributed by atoms with Gasteiger partial charge in [-0.3, -0.25) is 4.79 Å². The summed E-state index contributed by atoms with van der Waals surface area (Å²) in [6.07, 6.45) is 0. The Morgan fingerprint density at radius 1 is 1.47 bits per heavy atom. The highest BCUT2D eigenvalue weighted by Crippen LogP contribution is 2.28. The van der Waals surface area contributed by atoms with E-state index >= 15 is 0 Å². The Bertz CT molecular complexity index is 385. The minimum atomic E-state index is -3.39. The quantitative estimate of drug-likeness (QED) is 0.751. The van der Waals surface area contributed by atoms with Crippen molar-refractivity contribution in [2.75, 3.05) is 7.11 Å². The molecular weight excluding hydrogens is 226 g/mol. The Balaban J connectivity index is 3.12. The Labute approximate surface area is 90.8 Å². The molecule has 15 heavy (non-hydrogen) atoms. The zero-order chi connectivity index (χ0) is 11.6. The second kappa shape index (κ2) is 4.14. The van der Waals surface area contributed by atoms with Crippen LogP contribution in [0.4, 0.5) is 8.78 Å². The standard InChI is InChI=1S/C10H9ClF2O2/c1-10(12,13)9(14)6-3-4-7(11)8(5-6)15-2/h3-5H,1-2H3. The molecule has 1 rings (SSSR count). The van der Waals surface area contributed by atoms with Gasteiger partial charge in [0.05, 0.1) is 12.1 Å². The van der Waals surface area contributed by atoms with Crippen molar-refractivity contribution >= 4 is 17.4 Å². The molecule has 82 valence electrons. The first-order valence-corrected chi connectivity index (χ1v) is 4.50. The van der Waals surface area contributed by atoms with Crippen LogP contribution in [0.3, 0.4) is 0 Å². The lowest BCUT2D eigenvalue weighted by atomic mass is 10.1. The van der Waals surface area contributed by atoms with Crippen molar-refractivity contribution in [1.82, 2.24) is 0 Å². The number of Topliss-reactive ketones (excluding diaryl/α,β-unsaturated/α-hetero) is 1. The molecule has 0 saturated carbocycles. The van der Waals surface area contributed by atoms with E-state index in [-0.39, 0.29) is 16.3 Å². The largest absolute Gasteiger partial charge is 0.495 e. The Hall–Kier alpha value is -1.16. The van der Waals surface area contributed by atoms with Crippen LogP contribution in [-0.2, 0) is 0 Å². The van der Waals surface area contributed by atoms with E-state index in [0.717, 1.165) is 0 Å². The fourth-order valence-electron chi connectivity index (χ4n) is 1.05. The lowest BCUT2D eigenvalue weighted by Gasteiger charge is -2.10. The van der Waals surface area contributed by atoms with Crippen molar-refractivity contribution < 1.29 is 18.3 Å². The molecule has 0 spiro atoms. The number of ketones is 1. The summed E-state index contributed by atoms with van der Waals surface area (Å²) >= 11 is 5.69. The summed E-state index contributed by atoms with van der Waals surface area (Å²) in [5.74, 6) is -4.44. The Kier molecular flexibility index (Phi) is 3.29. The van der Waals surface area contributed by atoms with Gasteiger partial charge < -0.3 is 4.74 Å². The van der Waals surface area contributed by atoms with E-state index in [0.29, 0.717) is 6.92 Å². The maximum Gasteiger partial charge on any atom is 0.307 e. The summed E-state index contributed by atoms with van der Waals surface area (Å²) in [4.78, 5) is 11.2. The summed E-state index contributed by atoms with van der Waals surface area (Å²) in [5, 5.41) is 0.272. The van der Waals surface area contributed by atoms with Gasteiger partial charge in [0, 0.05) is 12.5 Å². The molecule has 0 unspecified atom stereocenters. The highest BCUT2D eigenvalue weighted by Gasteiger charge is 2.33. The van der Waals surface area contributed by atoms with Crippen LogP contribution < -0.4 is 4.74 Å². The van der Waals surface area contributed by atoms with Crippen molar-refractivity contribution in [2.45, 2.75) is 12.8 Å². The second-order valence-corrected chi connectivity index (χ2v) is 3.47. The van der Waals surface area contributed by atoms with Crippen LogP contribution in [0.15, 0.2) is 18.2 Å². The van der Waals surface area contributed by atoms with E-state index in [4.69, 9.17) is 16.3 Å². The van der Waals surface area contributed by atoms with Gasteiger partial charge in [0.1, 0.15) is 5.75 Å². The van der Waals surface area contributed by atoms with Gasteiger partial charge in [0.2, 0.25) is 5.78 Å². The molecule has 0 atom stereocenters. The summed E-state index contributed by atoms with van der Waals surface area (Å²) < 4.78 is 30.2. The Morgan fingerprint density at radius 3 is 2.53 bits per heavy atom. The lowest BCUT2D eigenvalue weighted by Crippen LogP contribution is -2.24. The molecule has 1 aromatic carbocycles. The van der Waals surface area contributed by atoms with Crippen LogP contribution >= 0.6 is 11.6 Å². The first-order valence-electron chi connectivity index (χ1n) is 4.12. The number of rotatable bonds is 3. The van der Waals surface area contributed by atoms with E-state index in [9.17, 15) is 13.6 Å². The molecule has 0 N–H and O–H groups in total. The molecule has 0 aliphatic rings. The Morgan fingerprint density at radius 2 is 2.07 bits per heavy atom. The molecule has 0 fully saturated rings. The molecule has 0 amide bonds. The summed E-state index contributed by atoms with van der Waals surface area (Å²) in [6, 6.07) is 3.78. The van der Waals surface area contributed by atoms with E-state index in [2.05, 4.69) is 0 Å². The van der Waals surface area contributed by atoms with Gasteiger partial charge in [0.25, 0.3) is 0 Å². The van der Waals surface area contributed by atoms with Gasteiger partial charge in [-0.15, -0.1) is 0 Å². The number of benzene rings is 1. The number of hydrogen-bond acceptors (Lipinski definition) is 2. The molecular formula is C10H9ClF2O2. The zero-order valence-electron chi connectivity index (χ0n) is 8.18. The number of ether oxygens (including phenoxy) is 1. The predicted molar refractivity (Wildman–Crippen MR) is 53.0 cm³/mol. The molecule has 0 heterocycles. The smallest absolute Gasteiger partial charge is 0.307 e. The van der Waals surface area contributed by atoms with Gasteiger partial charge in [-0.2, -0.15) is 8.78 Å². The van der Waals surface area contributed by atoms with Gasteiger partial charge in [-0.25, -0.2) is 0 Å². The molecule has 0 saturated heterocycles. The van der Waals surface area contributed by atoms with Gasteiger partial charge >= 0.3 is 5.92 Å². The fourth-order valence-corrected chi connectivity index (χ4v) is 1.25. The number of halogens is 3. The predicted octanol–water partition coefficient (Wildman–Crippen LogP) is 3.19. The lowest BCUT2D eigenvalue weighted by molar-refractivity contribution is 0.0221. The molecule has 2 nitrogen and oxygen atoms in total. The molecule has 1 aromatic rings. The van der Waals surface area contributed by atoms with E-state index in [1.807, 2.05) is 0 Å². The van der Waals surface area contributed by atoms with Crippen LogP contribution in [0.25, 0.3) is 0 Å². The third-order valence-electron chi connectivity index (χ3n) is 1.81. The SMILES string of the molecule is COc1cc(C(=O)C(C)(F)F)ccc1Cl. The van der Waals surface area contributed by atoms with Crippen LogP contribution in [0.2, 0.25) is 5.02 Å². The van der Waals surface area contributed by atoms with Gasteiger partial charge in [-0.1, -0.05) is 11.6 Å². The van der Waals surface area contributed by atoms with Crippen molar-refractivity contribution in [1.29, 1.82) is 0 Å². The van der Waals surface area contributed by atoms with E-state index < -0.39 is 11.7 Å². The van der Waals surface area contributed by atoms with Crippen molar-refractivity contribution in [3.63, 3.8) is 0 Å². The maximum atomic E-state index is 12.7. The van der Waals surface area contributed by atoms with E-state index in [1.54, 1.807) is 0 Å². The first-order chi connectivity index (χ1) is 6.86. The zero-order valence-corrected chi connectivity index (χ0v) is 8.94. The molecule has 0 aliphatic carbocycles. The van der Waals surface area contributed by atoms with Crippen molar-refractivity contribution in [3.8, 4) is 5.75 Å². The van der Waals surface area contributed by atoms with Crippen LogP contribution in [-0.4, -0.2) is 18.8 Å². The number of carbonyl (C=O) groups is 1. The second-order valence-electron chi connectivity index (χ2n) is 3.07. The third kappa shape index (κ3) is 2.65. The number of carbonyl (C=O) groups excluding carboxylic acids is 1. The van der Waals surface area contributed by atoms with Gasteiger partial charge in [-0.05, 0) is 18.2 Å². The maximum absolute atomic E-state index is 12.7. The highest BCUT2D eigenvalue weighted by molar-refractivity contribution is 6.32. The van der Waals surface area contributed by atoms with Crippen molar-refractivity contribution in [3.05, 3.63) is 28.8 Å². The minimum Gasteiger partial charge on any atom is -0.495 e. The van der Waals surface area contributed by atoms with E-state index in [1.165, 1.54) is 25.3 Å². The van der Waals surface area contributed by atoms with Crippen LogP contribution in [0.5, 0.6) is 5.75 Å². The molecule has 0 radical (unpaired) electrons. The number of alkyl halides is 2. The summed E-state index contributed by atoms with van der Waals surface area (Å²) in [5.41, 5.74) is -0.122. The molecule has 0 bridgehead atoms.